The second-order valence-electron chi connectivity index (χ2n) is 6.32. The van der Waals surface area contributed by atoms with Crippen LogP contribution in [0.5, 0.6) is 11.5 Å². The van der Waals surface area contributed by atoms with Crippen molar-refractivity contribution in [2.24, 2.45) is 0 Å². The van der Waals surface area contributed by atoms with Gasteiger partial charge in [-0.2, -0.15) is 5.10 Å². The van der Waals surface area contributed by atoms with Crippen LogP contribution in [-0.4, -0.2) is 34.9 Å². The molecule has 2 aromatic heterocycles. The van der Waals surface area contributed by atoms with E-state index >= 15 is 0 Å². The van der Waals surface area contributed by atoms with Crippen LogP contribution < -0.4 is 14.8 Å². The van der Waals surface area contributed by atoms with Gasteiger partial charge in [0.15, 0.2) is 17.3 Å². The van der Waals surface area contributed by atoms with Crippen LogP contribution in [0.3, 0.4) is 0 Å². The predicted molar refractivity (Wildman–Crippen MR) is 108 cm³/mol. The molecule has 0 fully saturated rings. The van der Waals surface area contributed by atoms with Gasteiger partial charge in [-0.05, 0) is 50.6 Å². The summed E-state index contributed by atoms with van der Waals surface area (Å²) in [7, 11) is 3.10. The minimum atomic E-state index is -0.427. The highest BCUT2D eigenvalue weighted by molar-refractivity contribution is 6.34. The monoisotopic (exact) mass is 400 g/mol. The normalized spacial score (nSPS) is 10.6. The van der Waals surface area contributed by atoms with Gasteiger partial charge in [0.05, 0.1) is 24.9 Å². The van der Waals surface area contributed by atoms with E-state index in [1.165, 1.54) is 7.11 Å². The van der Waals surface area contributed by atoms with Crippen molar-refractivity contribution in [1.29, 1.82) is 0 Å². The molecule has 1 amide bonds. The van der Waals surface area contributed by atoms with Gasteiger partial charge >= 0.3 is 0 Å². The Balaban J connectivity index is 1.95. The molecule has 1 aromatic carbocycles. The molecule has 1 N–H and O–H groups in total. The number of halogens is 1. The summed E-state index contributed by atoms with van der Waals surface area (Å²) in [5.41, 5.74) is 3.28. The van der Waals surface area contributed by atoms with Crippen LogP contribution in [0.2, 0.25) is 5.02 Å². The fourth-order valence-corrected chi connectivity index (χ4v) is 3.06. The molecule has 7 nitrogen and oxygen atoms in total. The maximum atomic E-state index is 12.9. The largest absolute Gasteiger partial charge is 0.493 e. The first-order valence-electron chi connectivity index (χ1n) is 8.58. The van der Waals surface area contributed by atoms with E-state index in [-0.39, 0.29) is 10.7 Å². The van der Waals surface area contributed by atoms with E-state index in [0.717, 1.165) is 17.0 Å². The van der Waals surface area contributed by atoms with Crippen LogP contribution in [0.1, 0.15) is 27.4 Å². The van der Waals surface area contributed by atoms with Gasteiger partial charge in [-0.1, -0.05) is 11.6 Å². The fourth-order valence-electron chi connectivity index (χ4n) is 2.87. The van der Waals surface area contributed by atoms with Crippen molar-refractivity contribution < 1.29 is 14.3 Å². The van der Waals surface area contributed by atoms with Gasteiger partial charge in [0.25, 0.3) is 5.91 Å². The summed E-state index contributed by atoms with van der Waals surface area (Å²) in [6.07, 6.45) is 0. The molecule has 146 valence electrons. The lowest BCUT2D eigenvalue weighted by Crippen LogP contribution is -2.17. The molecule has 0 saturated carbocycles. The zero-order chi connectivity index (χ0) is 20.4. The third kappa shape index (κ3) is 3.80. The van der Waals surface area contributed by atoms with Gasteiger partial charge in [-0.15, -0.1) is 0 Å². The van der Waals surface area contributed by atoms with E-state index in [1.807, 2.05) is 26.8 Å². The van der Waals surface area contributed by atoms with E-state index in [4.69, 9.17) is 21.1 Å². The maximum absolute atomic E-state index is 12.9. The Kier molecular flexibility index (Phi) is 5.56. The van der Waals surface area contributed by atoms with Crippen molar-refractivity contribution in [1.82, 2.24) is 14.8 Å². The van der Waals surface area contributed by atoms with E-state index in [1.54, 1.807) is 36.1 Å². The number of methoxy groups -OCH3 is 2. The molecular formula is C20H21ClN4O3. The number of rotatable bonds is 5. The first kappa shape index (κ1) is 19.7. The minimum absolute atomic E-state index is 0.112. The molecule has 2 heterocycles. The average molecular weight is 401 g/mol. The summed E-state index contributed by atoms with van der Waals surface area (Å²) in [6, 6.07) is 8.78. The van der Waals surface area contributed by atoms with E-state index in [9.17, 15) is 4.79 Å². The number of anilines is 1. The van der Waals surface area contributed by atoms with Gasteiger partial charge < -0.3 is 14.8 Å². The Morgan fingerprint density at radius 3 is 2.36 bits per heavy atom. The number of ether oxygens (including phenoxy) is 2. The number of nitrogens with zero attached hydrogens (tertiary/aromatic N) is 3. The first-order chi connectivity index (χ1) is 13.3. The Morgan fingerprint density at radius 2 is 1.75 bits per heavy atom. The molecule has 0 bridgehead atoms. The smallest absolute Gasteiger partial charge is 0.275 e. The molecule has 3 aromatic rings. The number of benzene rings is 1. The highest BCUT2D eigenvalue weighted by Gasteiger charge is 2.17. The molecule has 3 rings (SSSR count). The Labute approximate surface area is 168 Å². The molecular weight excluding hydrogens is 380 g/mol. The maximum Gasteiger partial charge on any atom is 0.275 e. The number of hydrogen-bond donors (Lipinski definition) is 1. The van der Waals surface area contributed by atoms with Gasteiger partial charge in [0.1, 0.15) is 5.69 Å². The number of carbonyl (C=O) groups excluding carboxylic acids is 1. The van der Waals surface area contributed by atoms with Crippen LogP contribution >= 0.6 is 11.6 Å². The average Bonchev–Trinajstić information content (AvgIpc) is 3.01. The topological polar surface area (TPSA) is 78.3 Å². The summed E-state index contributed by atoms with van der Waals surface area (Å²) in [4.78, 5) is 17.3. The third-order valence-corrected chi connectivity index (χ3v) is 4.56. The van der Waals surface area contributed by atoms with Gasteiger partial charge in [0, 0.05) is 17.4 Å². The van der Waals surface area contributed by atoms with Gasteiger partial charge in [-0.3, -0.25) is 4.79 Å². The van der Waals surface area contributed by atoms with Crippen molar-refractivity contribution in [3.8, 4) is 17.3 Å². The van der Waals surface area contributed by atoms with E-state index in [2.05, 4.69) is 15.4 Å². The molecule has 0 spiro atoms. The quantitative estimate of drug-likeness (QED) is 0.697. The van der Waals surface area contributed by atoms with Gasteiger partial charge in [0.2, 0.25) is 0 Å². The van der Waals surface area contributed by atoms with Crippen LogP contribution in [0, 0.1) is 20.8 Å². The number of aromatic nitrogens is 3. The first-order valence-corrected chi connectivity index (χ1v) is 8.96. The van der Waals surface area contributed by atoms with Crippen molar-refractivity contribution in [2.75, 3.05) is 19.5 Å². The molecule has 8 heteroatoms. The summed E-state index contributed by atoms with van der Waals surface area (Å²) >= 11 is 6.24. The van der Waals surface area contributed by atoms with Crippen molar-refractivity contribution in [3.63, 3.8) is 0 Å². The molecule has 0 unspecified atom stereocenters. The Morgan fingerprint density at radius 1 is 1.07 bits per heavy atom. The molecule has 0 aliphatic rings. The van der Waals surface area contributed by atoms with Crippen LogP contribution in [0.4, 0.5) is 5.69 Å². The summed E-state index contributed by atoms with van der Waals surface area (Å²) in [6.45, 7) is 5.68. The Hall–Kier alpha value is -3.06. The summed E-state index contributed by atoms with van der Waals surface area (Å²) in [5, 5.41) is 7.49. The molecule has 0 atom stereocenters. The fraction of sp³-hybridized carbons (Fsp3) is 0.250. The molecule has 0 saturated heterocycles. The van der Waals surface area contributed by atoms with Crippen LogP contribution in [0.25, 0.3) is 5.82 Å². The van der Waals surface area contributed by atoms with E-state index in [0.29, 0.717) is 23.0 Å². The van der Waals surface area contributed by atoms with Crippen molar-refractivity contribution >= 4 is 23.2 Å². The standard InChI is InChI=1S/C20H21ClN4O3/c1-11-8-16(27-4)17(28-5)10-15(11)22-20(26)19-14(21)6-7-18(23-19)25-13(3)9-12(2)24-25/h6-10H,1-5H3,(H,22,26). The van der Waals surface area contributed by atoms with E-state index < -0.39 is 5.91 Å². The predicted octanol–water partition coefficient (Wildman–Crippen LogP) is 4.12. The lowest BCUT2D eigenvalue weighted by atomic mass is 10.1. The lowest BCUT2D eigenvalue weighted by molar-refractivity contribution is 0.102. The third-order valence-electron chi connectivity index (χ3n) is 4.25. The molecule has 0 aliphatic heterocycles. The molecule has 28 heavy (non-hydrogen) atoms. The van der Waals surface area contributed by atoms with Crippen LogP contribution in [0.15, 0.2) is 30.3 Å². The second kappa shape index (κ2) is 7.90. The second-order valence-corrected chi connectivity index (χ2v) is 6.72. The SMILES string of the molecule is COc1cc(C)c(NC(=O)c2nc(-n3nc(C)cc3C)ccc2Cl)cc1OC. The molecule has 0 radical (unpaired) electrons. The number of nitrogens with one attached hydrogen (secondary N) is 1. The number of hydrogen-bond acceptors (Lipinski definition) is 5. The number of pyridine rings is 1. The highest BCUT2D eigenvalue weighted by Crippen LogP contribution is 2.33. The van der Waals surface area contributed by atoms with Crippen LogP contribution in [-0.2, 0) is 0 Å². The zero-order valence-corrected chi connectivity index (χ0v) is 17.1. The number of amides is 1. The van der Waals surface area contributed by atoms with Gasteiger partial charge in [-0.25, -0.2) is 9.67 Å². The Bertz CT molecular complexity index is 1050. The summed E-state index contributed by atoms with van der Waals surface area (Å²) in [5.74, 6) is 1.19. The highest BCUT2D eigenvalue weighted by atomic mass is 35.5. The summed E-state index contributed by atoms with van der Waals surface area (Å²) < 4.78 is 12.3. The van der Waals surface area contributed by atoms with Crippen molar-refractivity contribution in [2.45, 2.75) is 20.8 Å². The molecule has 0 aliphatic carbocycles. The number of aryl methyl sites for hydroxylation is 3. The zero-order valence-electron chi connectivity index (χ0n) is 16.3. The number of carbonyl (C=O) groups is 1. The van der Waals surface area contributed by atoms with Crippen molar-refractivity contribution in [3.05, 3.63) is 58.0 Å². The lowest BCUT2D eigenvalue weighted by Gasteiger charge is -2.14. The minimum Gasteiger partial charge on any atom is -0.493 e.